The molecule has 1 atom stereocenters. The lowest BCUT2D eigenvalue weighted by atomic mass is 10.2. The Morgan fingerprint density at radius 2 is 2.25 bits per heavy atom. The zero-order chi connectivity index (χ0) is 13.8. The van der Waals surface area contributed by atoms with Crippen molar-refractivity contribution < 1.29 is 9.53 Å². The largest absolute Gasteiger partial charge is 0.376 e. The van der Waals surface area contributed by atoms with E-state index in [1.165, 1.54) is 11.3 Å². The summed E-state index contributed by atoms with van der Waals surface area (Å²) in [7, 11) is 0. The standard InChI is InChI=1S/C15H16N2O2S/c18-14(16-9-12-7-4-8-19-12)15-17-10-13(20-15)11-5-2-1-3-6-11/h1-3,5-6,10,12H,4,7-9H2,(H,16,18). The van der Waals surface area contributed by atoms with E-state index in [4.69, 9.17) is 4.74 Å². The van der Waals surface area contributed by atoms with E-state index in [0.29, 0.717) is 11.6 Å². The Balaban J connectivity index is 1.62. The molecule has 3 rings (SSSR count). The zero-order valence-electron chi connectivity index (χ0n) is 11.0. The van der Waals surface area contributed by atoms with Gasteiger partial charge in [-0.25, -0.2) is 4.98 Å². The van der Waals surface area contributed by atoms with Crippen molar-refractivity contribution in [1.82, 2.24) is 10.3 Å². The van der Waals surface area contributed by atoms with Gasteiger partial charge in [0.2, 0.25) is 0 Å². The molecular weight excluding hydrogens is 272 g/mol. The van der Waals surface area contributed by atoms with Gasteiger partial charge in [0, 0.05) is 19.3 Å². The second-order valence-corrected chi connectivity index (χ2v) is 5.77. The molecule has 2 heterocycles. The van der Waals surface area contributed by atoms with Crippen molar-refractivity contribution in [3.8, 4) is 10.4 Å². The first-order valence-corrected chi connectivity index (χ1v) is 7.55. The molecule has 1 aliphatic rings. The van der Waals surface area contributed by atoms with Crippen LogP contribution in [0.5, 0.6) is 0 Å². The predicted molar refractivity (Wildman–Crippen MR) is 78.9 cm³/mol. The number of rotatable bonds is 4. The number of benzene rings is 1. The average Bonchev–Trinajstić information content (AvgIpc) is 3.17. The van der Waals surface area contributed by atoms with Crippen LogP contribution in [0.3, 0.4) is 0 Å². The summed E-state index contributed by atoms with van der Waals surface area (Å²) >= 11 is 1.41. The number of carbonyl (C=O) groups excluding carboxylic acids is 1. The summed E-state index contributed by atoms with van der Waals surface area (Å²) in [6, 6.07) is 9.96. The van der Waals surface area contributed by atoms with E-state index in [2.05, 4.69) is 10.3 Å². The Labute approximate surface area is 121 Å². The molecule has 0 spiro atoms. The fraction of sp³-hybridized carbons (Fsp3) is 0.333. The van der Waals surface area contributed by atoms with Gasteiger partial charge in [-0.3, -0.25) is 4.79 Å². The van der Waals surface area contributed by atoms with Crippen LogP contribution in [0.1, 0.15) is 22.6 Å². The van der Waals surface area contributed by atoms with E-state index >= 15 is 0 Å². The summed E-state index contributed by atoms with van der Waals surface area (Å²) in [5, 5.41) is 3.39. The Bertz CT molecular complexity index is 577. The minimum absolute atomic E-state index is 0.118. The van der Waals surface area contributed by atoms with Crippen LogP contribution in [0, 0.1) is 0 Å². The molecule has 20 heavy (non-hydrogen) atoms. The Kier molecular flexibility index (Phi) is 4.08. The van der Waals surface area contributed by atoms with Crippen molar-refractivity contribution in [3.05, 3.63) is 41.5 Å². The van der Waals surface area contributed by atoms with Gasteiger partial charge in [0.15, 0.2) is 5.01 Å². The molecule has 104 valence electrons. The molecule has 2 aromatic rings. The Morgan fingerprint density at radius 3 is 3.00 bits per heavy atom. The van der Waals surface area contributed by atoms with Crippen molar-refractivity contribution >= 4 is 17.2 Å². The van der Waals surface area contributed by atoms with Crippen molar-refractivity contribution in [2.45, 2.75) is 18.9 Å². The number of thiazole rings is 1. The van der Waals surface area contributed by atoms with Gasteiger partial charge in [0.25, 0.3) is 5.91 Å². The van der Waals surface area contributed by atoms with Gasteiger partial charge in [-0.1, -0.05) is 30.3 Å². The van der Waals surface area contributed by atoms with Gasteiger partial charge in [-0.15, -0.1) is 11.3 Å². The number of nitrogens with one attached hydrogen (secondary N) is 1. The molecule has 1 aromatic heterocycles. The number of amides is 1. The van der Waals surface area contributed by atoms with Crippen LogP contribution in [0.25, 0.3) is 10.4 Å². The van der Waals surface area contributed by atoms with Gasteiger partial charge in [0.05, 0.1) is 11.0 Å². The first kappa shape index (κ1) is 13.3. The highest BCUT2D eigenvalue weighted by molar-refractivity contribution is 7.16. The number of carbonyl (C=O) groups is 1. The van der Waals surface area contributed by atoms with E-state index in [1.807, 2.05) is 30.3 Å². The molecule has 1 aliphatic heterocycles. The highest BCUT2D eigenvalue weighted by Crippen LogP contribution is 2.25. The average molecular weight is 288 g/mol. The van der Waals surface area contributed by atoms with Crippen LogP contribution in [-0.4, -0.2) is 30.1 Å². The molecule has 0 aliphatic carbocycles. The van der Waals surface area contributed by atoms with Crippen molar-refractivity contribution in [1.29, 1.82) is 0 Å². The molecular formula is C15H16N2O2S. The molecule has 1 aromatic carbocycles. The van der Waals surface area contributed by atoms with Gasteiger partial charge in [-0.05, 0) is 18.4 Å². The maximum Gasteiger partial charge on any atom is 0.280 e. The first-order chi connectivity index (χ1) is 9.83. The molecule has 4 nitrogen and oxygen atoms in total. The topological polar surface area (TPSA) is 51.2 Å². The van der Waals surface area contributed by atoms with E-state index in [9.17, 15) is 4.79 Å². The summed E-state index contributed by atoms with van der Waals surface area (Å²) in [6.45, 7) is 1.37. The lowest BCUT2D eigenvalue weighted by Gasteiger charge is -2.09. The fourth-order valence-corrected chi connectivity index (χ4v) is 3.04. The van der Waals surface area contributed by atoms with Crippen molar-refractivity contribution in [3.63, 3.8) is 0 Å². The maximum atomic E-state index is 12.0. The summed E-state index contributed by atoms with van der Waals surface area (Å²) in [5.41, 5.74) is 1.09. The van der Waals surface area contributed by atoms with Gasteiger partial charge in [0.1, 0.15) is 0 Å². The van der Waals surface area contributed by atoms with Crippen LogP contribution < -0.4 is 5.32 Å². The quantitative estimate of drug-likeness (QED) is 0.941. The number of aromatic nitrogens is 1. The van der Waals surface area contributed by atoms with E-state index in [-0.39, 0.29) is 12.0 Å². The lowest BCUT2D eigenvalue weighted by Crippen LogP contribution is -2.31. The van der Waals surface area contributed by atoms with Crippen LogP contribution in [0.15, 0.2) is 36.5 Å². The van der Waals surface area contributed by atoms with Crippen LogP contribution in [0.4, 0.5) is 0 Å². The summed E-state index contributed by atoms with van der Waals surface area (Å²) < 4.78 is 5.48. The van der Waals surface area contributed by atoms with Gasteiger partial charge in [-0.2, -0.15) is 0 Å². The minimum Gasteiger partial charge on any atom is -0.376 e. The highest BCUT2D eigenvalue weighted by atomic mass is 32.1. The van der Waals surface area contributed by atoms with Gasteiger partial charge >= 0.3 is 0 Å². The van der Waals surface area contributed by atoms with E-state index in [0.717, 1.165) is 29.9 Å². The first-order valence-electron chi connectivity index (χ1n) is 6.74. The van der Waals surface area contributed by atoms with Gasteiger partial charge < -0.3 is 10.1 Å². The Hall–Kier alpha value is -1.72. The molecule has 0 bridgehead atoms. The molecule has 1 N–H and O–H groups in total. The zero-order valence-corrected chi connectivity index (χ0v) is 11.9. The molecule has 1 saturated heterocycles. The number of hydrogen-bond acceptors (Lipinski definition) is 4. The number of hydrogen-bond donors (Lipinski definition) is 1. The third kappa shape index (κ3) is 3.05. The minimum atomic E-state index is -0.118. The van der Waals surface area contributed by atoms with E-state index in [1.54, 1.807) is 6.20 Å². The molecule has 1 amide bonds. The van der Waals surface area contributed by atoms with Crippen LogP contribution in [-0.2, 0) is 4.74 Å². The summed E-state index contributed by atoms with van der Waals surface area (Å²) in [4.78, 5) is 17.2. The molecule has 1 fully saturated rings. The number of nitrogens with zero attached hydrogens (tertiary/aromatic N) is 1. The SMILES string of the molecule is O=C(NCC1CCCO1)c1ncc(-c2ccccc2)s1. The van der Waals surface area contributed by atoms with Crippen LogP contribution >= 0.6 is 11.3 Å². The maximum absolute atomic E-state index is 12.0. The van der Waals surface area contributed by atoms with Crippen molar-refractivity contribution in [2.24, 2.45) is 0 Å². The molecule has 0 radical (unpaired) electrons. The monoisotopic (exact) mass is 288 g/mol. The molecule has 1 unspecified atom stereocenters. The second kappa shape index (κ2) is 6.15. The summed E-state index contributed by atoms with van der Waals surface area (Å²) in [6.07, 6.45) is 4.01. The van der Waals surface area contributed by atoms with Crippen molar-refractivity contribution in [2.75, 3.05) is 13.2 Å². The lowest BCUT2D eigenvalue weighted by molar-refractivity contribution is 0.0857. The fourth-order valence-electron chi connectivity index (χ4n) is 2.20. The molecule has 5 heteroatoms. The third-order valence-corrected chi connectivity index (χ3v) is 4.32. The molecule has 0 saturated carbocycles. The second-order valence-electron chi connectivity index (χ2n) is 4.74. The Morgan fingerprint density at radius 1 is 1.40 bits per heavy atom. The normalized spacial score (nSPS) is 18.1. The van der Waals surface area contributed by atoms with E-state index < -0.39 is 0 Å². The smallest absolute Gasteiger partial charge is 0.280 e. The summed E-state index contributed by atoms with van der Waals surface area (Å²) in [5.74, 6) is -0.118. The van der Waals surface area contributed by atoms with Crippen LogP contribution in [0.2, 0.25) is 0 Å². The number of ether oxygens (including phenoxy) is 1. The highest BCUT2D eigenvalue weighted by Gasteiger charge is 2.18. The predicted octanol–water partition coefficient (Wildman–Crippen LogP) is 2.72. The third-order valence-electron chi connectivity index (χ3n) is 3.27.